The molecule has 1 aromatic rings. The Morgan fingerprint density at radius 2 is 1.85 bits per heavy atom. The molecule has 0 saturated carbocycles. The summed E-state index contributed by atoms with van der Waals surface area (Å²) in [6.07, 6.45) is 1.53. The Balaban J connectivity index is 1.94. The number of quaternary nitrogens is 1. The van der Waals surface area contributed by atoms with E-state index in [1.165, 1.54) is 4.90 Å². The number of primary amides is 1. The Morgan fingerprint density at radius 3 is 2.38 bits per heavy atom. The molecule has 0 aromatic heterocycles. The van der Waals surface area contributed by atoms with Gasteiger partial charge in [0.2, 0.25) is 5.91 Å². The number of likely N-dealkylation sites (tertiary alicyclic amines) is 1. The van der Waals surface area contributed by atoms with Gasteiger partial charge in [-0.3, -0.25) is 9.59 Å². The number of rotatable bonds is 8. The third-order valence-electron chi connectivity index (χ3n) is 5.05. The van der Waals surface area contributed by atoms with Gasteiger partial charge in [-0.05, 0) is 24.6 Å². The fraction of sp³-hybridized carbons (Fsp3) is 0.579. The van der Waals surface area contributed by atoms with Gasteiger partial charge in [0, 0.05) is 31.8 Å². The Kier molecular flexibility index (Phi) is 7.26. The predicted molar refractivity (Wildman–Crippen MR) is 98.1 cm³/mol. The van der Waals surface area contributed by atoms with Gasteiger partial charge in [-0.2, -0.15) is 0 Å². The van der Waals surface area contributed by atoms with Gasteiger partial charge in [0.05, 0.1) is 27.3 Å². The van der Waals surface area contributed by atoms with Crippen LogP contribution in [0.3, 0.4) is 0 Å². The number of hydrogen-bond acceptors (Lipinski definition) is 4. The van der Waals surface area contributed by atoms with Crippen molar-refractivity contribution in [1.29, 1.82) is 0 Å². The molecule has 0 unspecified atom stereocenters. The highest BCUT2D eigenvalue weighted by molar-refractivity contribution is 5.77. The minimum atomic E-state index is -0.223. The second-order valence-corrected chi connectivity index (χ2v) is 6.70. The van der Waals surface area contributed by atoms with Crippen LogP contribution in [-0.4, -0.2) is 57.1 Å². The second-order valence-electron chi connectivity index (χ2n) is 6.70. The molecule has 0 spiro atoms. The molecule has 7 heteroatoms. The smallest absolute Gasteiger partial charge is 0.278 e. The van der Waals surface area contributed by atoms with Crippen LogP contribution in [0.5, 0.6) is 11.5 Å². The van der Waals surface area contributed by atoms with Gasteiger partial charge < -0.3 is 25.0 Å². The van der Waals surface area contributed by atoms with Crippen LogP contribution >= 0.6 is 0 Å². The summed E-state index contributed by atoms with van der Waals surface area (Å²) in [6.45, 7) is 5.23. The Morgan fingerprint density at radius 1 is 1.19 bits per heavy atom. The molecule has 2 amide bonds. The molecule has 144 valence electrons. The average Bonchev–Trinajstić information content (AvgIpc) is 2.66. The molecule has 0 radical (unpaired) electrons. The minimum Gasteiger partial charge on any atom is -0.493 e. The maximum atomic E-state index is 12.7. The fourth-order valence-corrected chi connectivity index (χ4v) is 3.39. The van der Waals surface area contributed by atoms with Gasteiger partial charge in [0.25, 0.3) is 5.91 Å². The van der Waals surface area contributed by atoms with Crippen LogP contribution in [0.15, 0.2) is 18.2 Å². The summed E-state index contributed by atoms with van der Waals surface area (Å²) in [5.74, 6) is 1.19. The lowest BCUT2D eigenvalue weighted by atomic mass is 9.96. The molecule has 0 aliphatic carbocycles. The summed E-state index contributed by atoms with van der Waals surface area (Å²) < 4.78 is 10.6. The van der Waals surface area contributed by atoms with E-state index in [-0.39, 0.29) is 17.7 Å². The third kappa shape index (κ3) is 5.11. The first-order chi connectivity index (χ1) is 12.5. The van der Waals surface area contributed by atoms with Crippen molar-refractivity contribution in [3.8, 4) is 11.5 Å². The van der Waals surface area contributed by atoms with Crippen molar-refractivity contribution in [2.24, 2.45) is 11.7 Å². The van der Waals surface area contributed by atoms with E-state index in [1.807, 2.05) is 30.0 Å². The summed E-state index contributed by atoms with van der Waals surface area (Å²) in [7, 11) is 3.20. The van der Waals surface area contributed by atoms with Crippen LogP contribution in [-0.2, 0) is 16.1 Å². The zero-order valence-electron chi connectivity index (χ0n) is 15.9. The van der Waals surface area contributed by atoms with Crippen LogP contribution in [0.4, 0.5) is 0 Å². The summed E-state index contributed by atoms with van der Waals surface area (Å²) >= 11 is 0. The first-order valence-electron chi connectivity index (χ1n) is 9.10. The second kappa shape index (κ2) is 9.43. The summed E-state index contributed by atoms with van der Waals surface area (Å²) in [5.41, 5.74) is 6.37. The standard InChI is InChI=1S/C19H29N3O4/c1-4-22(12-14-5-6-16(25-2)17(11-14)26-3)18(23)13-21-9-7-15(8-10-21)19(20)24/h5-6,11,15H,4,7-10,12-13H2,1-3H3,(H2,20,24)/p+1. The Bertz CT molecular complexity index is 627. The number of nitrogens with two attached hydrogens (primary N) is 1. The quantitative estimate of drug-likeness (QED) is 0.671. The van der Waals surface area contributed by atoms with E-state index in [2.05, 4.69) is 0 Å². The number of methoxy groups -OCH3 is 2. The van der Waals surface area contributed by atoms with Crippen LogP contribution in [0.1, 0.15) is 25.3 Å². The zero-order chi connectivity index (χ0) is 19.1. The number of likely N-dealkylation sites (N-methyl/N-ethyl adjacent to an activating group) is 1. The number of hydrogen-bond donors (Lipinski definition) is 2. The highest BCUT2D eigenvalue weighted by atomic mass is 16.5. The summed E-state index contributed by atoms with van der Waals surface area (Å²) in [5, 5.41) is 0. The predicted octanol–water partition coefficient (Wildman–Crippen LogP) is -0.167. The molecule has 26 heavy (non-hydrogen) atoms. The largest absolute Gasteiger partial charge is 0.493 e. The number of piperidine rings is 1. The topological polar surface area (TPSA) is 86.3 Å². The number of benzene rings is 1. The highest BCUT2D eigenvalue weighted by Gasteiger charge is 2.28. The van der Waals surface area contributed by atoms with Crippen molar-refractivity contribution in [3.05, 3.63) is 23.8 Å². The molecular formula is C19H30N3O4+. The molecule has 1 aliphatic rings. The molecule has 1 aromatic carbocycles. The van der Waals surface area contributed by atoms with E-state index in [9.17, 15) is 9.59 Å². The normalized spacial score (nSPS) is 19.7. The lowest BCUT2D eigenvalue weighted by Crippen LogP contribution is -3.14. The van der Waals surface area contributed by atoms with Crippen molar-refractivity contribution in [2.45, 2.75) is 26.3 Å². The van der Waals surface area contributed by atoms with E-state index in [0.29, 0.717) is 31.1 Å². The maximum Gasteiger partial charge on any atom is 0.278 e. The van der Waals surface area contributed by atoms with Crippen molar-refractivity contribution < 1.29 is 24.0 Å². The maximum absolute atomic E-state index is 12.7. The number of amides is 2. The molecule has 2 rings (SSSR count). The van der Waals surface area contributed by atoms with Gasteiger partial charge >= 0.3 is 0 Å². The van der Waals surface area contributed by atoms with Gasteiger partial charge in [-0.1, -0.05) is 6.07 Å². The van der Waals surface area contributed by atoms with Crippen LogP contribution in [0, 0.1) is 5.92 Å². The highest BCUT2D eigenvalue weighted by Crippen LogP contribution is 2.28. The minimum absolute atomic E-state index is 0.0390. The zero-order valence-corrected chi connectivity index (χ0v) is 15.9. The summed E-state index contributed by atoms with van der Waals surface area (Å²) in [4.78, 5) is 27.0. The molecule has 0 bridgehead atoms. The van der Waals surface area contributed by atoms with E-state index >= 15 is 0 Å². The number of ether oxygens (including phenoxy) is 2. The molecule has 0 atom stereocenters. The number of carbonyl (C=O) groups is 2. The van der Waals surface area contributed by atoms with Crippen LogP contribution < -0.4 is 20.1 Å². The molecular weight excluding hydrogens is 334 g/mol. The van der Waals surface area contributed by atoms with Crippen molar-refractivity contribution in [3.63, 3.8) is 0 Å². The lowest BCUT2D eigenvalue weighted by molar-refractivity contribution is -0.898. The van der Waals surface area contributed by atoms with Crippen molar-refractivity contribution >= 4 is 11.8 Å². The van der Waals surface area contributed by atoms with Crippen molar-refractivity contribution in [2.75, 3.05) is 40.4 Å². The van der Waals surface area contributed by atoms with E-state index < -0.39 is 0 Å². The number of nitrogens with one attached hydrogen (secondary N) is 1. The molecule has 7 nitrogen and oxygen atoms in total. The van der Waals surface area contributed by atoms with Gasteiger partial charge in [0.1, 0.15) is 0 Å². The number of nitrogens with zero attached hydrogens (tertiary/aromatic N) is 1. The van der Waals surface area contributed by atoms with Gasteiger partial charge in [-0.15, -0.1) is 0 Å². The van der Waals surface area contributed by atoms with E-state index in [1.54, 1.807) is 14.2 Å². The first kappa shape index (κ1) is 20.0. The van der Waals surface area contributed by atoms with E-state index in [4.69, 9.17) is 15.2 Å². The first-order valence-corrected chi connectivity index (χ1v) is 9.10. The number of carbonyl (C=O) groups excluding carboxylic acids is 2. The SMILES string of the molecule is CCN(Cc1ccc(OC)c(OC)c1)C(=O)C[NH+]1CCC(C(N)=O)CC1. The monoisotopic (exact) mass is 364 g/mol. The van der Waals surface area contributed by atoms with Crippen LogP contribution in [0.2, 0.25) is 0 Å². The summed E-state index contributed by atoms with van der Waals surface area (Å²) in [6, 6.07) is 5.70. The van der Waals surface area contributed by atoms with E-state index in [0.717, 1.165) is 31.5 Å². The Labute approximate surface area is 155 Å². The fourth-order valence-electron chi connectivity index (χ4n) is 3.39. The van der Waals surface area contributed by atoms with Gasteiger partial charge in [0.15, 0.2) is 18.0 Å². The van der Waals surface area contributed by atoms with Crippen LogP contribution in [0.25, 0.3) is 0 Å². The molecule has 1 saturated heterocycles. The molecule has 3 N–H and O–H groups in total. The third-order valence-corrected chi connectivity index (χ3v) is 5.05. The lowest BCUT2D eigenvalue weighted by Gasteiger charge is -2.29. The molecule has 1 heterocycles. The Hall–Kier alpha value is -2.28. The average molecular weight is 364 g/mol. The van der Waals surface area contributed by atoms with Gasteiger partial charge in [-0.25, -0.2) is 0 Å². The van der Waals surface area contributed by atoms with Crippen molar-refractivity contribution in [1.82, 2.24) is 4.90 Å². The molecule has 1 aliphatic heterocycles. The molecule has 1 fully saturated rings.